The van der Waals surface area contributed by atoms with Gasteiger partial charge in [-0.2, -0.15) is 0 Å². The first-order valence-corrected chi connectivity index (χ1v) is 9.52. The number of halogens is 2. The van der Waals surface area contributed by atoms with Crippen LogP contribution in [0.15, 0.2) is 64.0 Å². The third-order valence-electron chi connectivity index (χ3n) is 3.95. The Hall–Kier alpha value is -2.18. The molecule has 0 N–H and O–H groups in total. The first-order chi connectivity index (χ1) is 12.7. The van der Waals surface area contributed by atoms with E-state index in [2.05, 4.69) is 22.5 Å². The van der Waals surface area contributed by atoms with Gasteiger partial charge in [-0.15, -0.1) is 0 Å². The molecule has 1 aromatic carbocycles. The lowest BCUT2D eigenvalue weighted by atomic mass is 10.0. The zero-order valence-electron chi connectivity index (χ0n) is 15.1. The maximum Gasteiger partial charge on any atom is 0.254 e. The number of carbonyl (C=O) groups excluding carboxylic acids is 2. The van der Waals surface area contributed by atoms with Crippen LogP contribution in [0.3, 0.4) is 0 Å². The van der Waals surface area contributed by atoms with Crippen LogP contribution in [0.5, 0.6) is 0 Å². The molecule has 7 heteroatoms. The van der Waals surface area contributed by atoms with Crippen LogP contribution in [0, 0.1) is 0 Å². The van der Waals surface area contributed by atoms with Crippen molar-refractivity contribution < 1.29 is 9.59 Å². The number of aromatic nitrogens is 1. The fraction of sp³-hybridized carbons (Fsp3) is 0.250. The lowest BCUT2D eigenvalue weighted by Crippen LogP contribution is -2.44. The molecule has 27 heavy (non-hydrogen) atoms. The number of hydrogen-bond donors (Lipinski definition) is 0. The summed E-state index contributed by atoms with van der Waals surface area (Å²) in [6.45, 7) is 8.12. The van der Waals surface area contributed by atoms with Crippen molar-refractivity contribution >= 4 is 39.2 Å². The molecule has 1 aromatic heterocycles. The van der Waals surface area contributed by atoms with Crippen LogP contribution in [0.4, 0.5) is 0 Å². The van der Waals surface area contributed by atoms with Gasteiger partial charge >= 0.3 is 0 Å². The summed E-state index contributed by atoms with van der Waals surface area (Å²) < 4.78 is 1.90. The van der Waals surface area contributed by atoms with Crippen LogP contribution in [-0.2, 0) is 4.79 Å². The average molecular weight is 452 g/mol. The highest BCUT2D eigenvalue weighted by Gasteiger charge is 2.33. The van der Waals surface area contributed by atoms with Crippen LogP contribution in [0.25, 0.3) is 0 Å². The van der Waals surface area contributed by atoms with Gasteiger partial charge in [0.15, 0.2) is 11.8 Å². The third-order valence-corrected chi connectivity index (χ3v) is 4.70. The summed E-state index contributed by atoms with van der Waals surface area (Å²) in [6, 6.07) is 7.97. The Kier molecular flexibility index (Phi) is 7.16. The zero-order valence-corrected chi connectivity index (χ0v) is 17.5. The third kappa shape index (κ3) is 5.17. The summed E-state index contributed by atoms with van der Waals surface area (Å²) in [5.41, 5.74) is 0.628. The number of carbonyl (C=O) groups is 2. The number of likely N-dealkylation sites (N-methyl/N-ethyl adjacent to an activating group) is 1. The zero-order chi connectivity index (χ0) is 20.1. The van der Waals surface area contributed by atoms with E-state index in [1.54, 1.807) is 31.2 Å². The van der Waals surface area contributed by atoms with E-state index in [0.29, 0.717) is 18.7 Å². The van der Waals surface area contributed by atoms with Crippen molar-refractivity contribution in [3.8, 4) is 0 Å². The minimum Gasteiger partial charge on any atom is -0.337 e. The summed E-state index contributed by atoms with van der Waals surface area (Å²) in [5.74, 6) is -0.949. The Morgan fingerprint density at radius 1 is 1.22 bits per heavy atom. The predicted octanol–water partition coefficient (Wildman–Crippen LogP) is 4.11. The average Bonchev–Trinajstić information content (AvgIpc) is 2.63. The summed E-state index contributed by atoms with van der Waals surface area (Å²) >= 11 is 9.34. The van der Waals surface area contributed by atoms with E-state index in [-0.39, 0.29) is 5.02 Å². The molecular formula is C20H20BrClN2O3. The van der Waals surface area contributed by atoms with Crippen LogP contribution in [0.1, 0.15) is 30.2 Å². The van der Waals surface area contributed by atoms with Gasteiger partial charge in [-0.3, -0.25) is 19.0 Å². The van der Waals surface area contributed by atoms with E-state index in [0.717, 1.165) is 14.6 Å². The monoisotopic (exact) mass is 450 g/mol. The van der Waals surface area contributed by atoms with Gasteiger partial charge < -0.3 is 4.90 Å². The van der Waals surface area contributed by atoms with Gasteiger partial charge in [0, 0.05) is 35.4 Å². The van der Waals surface area contributed by atoms with E-state index in [1.807, 2.05) is 6.92 Å². The largest absolute Gasteiger partial charge is 0.337 e. The molecule has 0 fully saturated rings. The Labute approximate surface area is 171 Å². The van der Waals surface area contributed by atoms with E-state index in [4.69, 9.17) is 11.6 Å². The van der Waals surface area contributed by atoms with Crippen molar-refractivity contribution in [2.45, 2.75) is 19.9 Å². The molecule has 142 valence electrons. The van der Waals surface area contributed by atoms with Crippen molar-refractivity contribution in [3.63, 3.8) is 0 Å². The highest BCUT2D eigenvalue weighted by Crippen LogP contribution is 2.20. The van der Waals surface area contributed by atoms with Crippen LogP contribution >= 0.6 is 27.5 Å². The van der Waals surface area contributed by atoms with Gasteiger partial charge in [-0.1, -0.05) is 51.8 Å². The first-order valence-electron chi connectivity index (χ1n) is 8.35. The lowest BCUT2D eigenvalue weighted by Gasteiger charge is -2.27. The summed E-state index contributed by atoms with van der Waals surface area (Å²) in [6.07, 6.45) is 1.32. The minimum absolute atomic E-state index is 0.263. The molecule has 0 aliphatic rings. The van der Waals surface area contributed by atoms with Gasteiger partial charge in [0.05, 0.1) is 5.02 Å². The number of Topliss-reactive ketones (excluding diaryl/α,β-unsaturated/α-hetero) is 1. The standard InChI is InChI=1S/C20H20BrClN2O3/c1-4-23(11-13(2)3)20(27)18(24-12-16(22)9-10-17(24)25)19(26)14-5-7-15(21)8-6-14/h5-10,12,18H,2,4,11H2,1,3H3. The number of ketones is 1. The second-order valence-electron chi connectivity index (χ2n) is 6.18. The molecule has 0 radical (unpaired) electrons. The molecule has 0 bridgehead atoms. The minimum atomic E-state index is -1.34. The fourth-order valence-corrected chi connectivity index (χ4v) is 3.08. The molecular weight excluding hydrogens is 432 g/mol. The number of amides is 1. The number of hydrogen-bond acceptors (Lipinski definition) is 3. The normalized spacial score (nSPS) is 11.7. The molecule has 1 heterocycles. The van der Waals surface area contributed by atoms with Crippen molar-refractivity contribution in [3.05, 3.63) is 80.2 Å². The molecule has 5 nitrogen and oxygen atoms in total. The molecule has 0 saturated heterocycles. The maximum absolute atomic E-state index is 13.2. The number of benzene rings is 1. The van der Waals surface area contributed by atoms with E-state index >= 15 is 0 Å². The first kappa shape index (κ1) is 21.1. The molecule has 0 aliphatic carbocycles. The molecule has 2 rings (SSSR count). The molecule has 0 spiro atoms. The smallest absolute Gasteiger partial charge is 0.254 e. The molecule has 1 atom stereocenters. The predicted molar refractivity (Wildman–Crippen MR) is 110 cm³/mol. The second-order valence-corrected chi connectivity index (χ2v) is 7.53. The number of nitrogens with zero attached hydrogens (tertiary/aromatic N) is 2. The van der Waals surface area contributed by atoms with Crippen molar-refractivity contribution in [2.24, 2.45) is 0 Å². The molecule has 0 aliphatic heterocycles. The highest BCUT2D eigenvalue weighted by molar-refractivity contribution is 9.10. The molecule has 1 amide bonds. The Bertz CT molecular complexity index is 922. The Balaban J connectivity index is 2.57. The van der Waals surface area contributed by atoms with Crippen LogP contribution < -0.4 is 5.56 Å². The summed E-state index contributed by atoms with van der Waals surface area (Å²) in [7, 11) is 0. The highest BCUT2D eigenvalue weighted by atomic mass is 79.9. The van der Waals surface area contributed by atoms with E-state index < -0.39 is 23.3 Å². The van der Waals surface area contributed by atoms with Gasteiger partial charge in [0.1, 0.15) is 0 Å². The summed E-state index contributed by atoms with van der Waals surface area (Å²) in [5, 5.41) is 0.263. The van der Waals surface area contributed by atoms with Crippen LogP contribution in [-0.4, -0.2) is 34.2 Å². The Morgan fingerprint density at radius 2 is 1.85 bits per heavy atom. The summed E-state index contributed by atoms with van der Waals surface area (Å²) in [4.78, 5) is 40.3. The number of rotatable bonds is 7. The molecule has 0 saturated carbocycles. The van der Waals surface area contributed by atoms with Crippen molar-refractivity contribution in [1.29, 1.82) is 0 Å². The number of pyridine rings is 1. The van der Waals surface area contributed by atoms with Crippen LogP contribution in [0.2, 0.25) is 5.02 Å². The van der Waals surface area contributed by atoms with E-state index in [9.17, 15) is 14.4 Å². The Morgan fingerprint density at radius 3 is 2.41 bits per heavy atom. The van der Waals surface area contributed by atoms with Gasteiger partial charge in [-0.05, 0) is 32.0 Å². The van der Waals surface area contributed by atoms with Gasteiger partial charge in [-0.25, -0.2) is 0 Å². The quantitative estimate of drug-likeness (QED) is 0.361. The fourth-order valence-electron chi connectivity index (χ4n) is 2.65. The second kappa shape index (κ2) is 9.15. The maximum atomic E-state index is 13.2. The topological polar surface area (TPSA) is 59.4 Å². The molecule has 2 aromatic rings. The van der Waals surface area contributed by atoms with Crippen molar-refractivity contribution in [2.75, 3.05) is 13.1 Å². The lowest BCUT2D eigenvalue weighted by molar-refractivity contribution is -0.132. The van der Waals surface area contributed by atoms with Gasteiger partial charge in [0.25, 0.3) is 11.5 Å². The van der Waals surface area contributed by atoms with E-state index in [1.165, 1.54) is 23.2 Å². The SMILES string of the molecule is C=C(C)CN(CC)C(=O)C(C(=O)c1ccc(Br)cc1)n1cc(Cl)ccc1=O. The molecule has 1 unspecified atom stereocenters. The van der Waals surface area contributed by atoms with Crippen molar-refractivity contribution in [1.82, 2.24) is 9.47 Å². The van der Waals surface area contributed by atoms with Gasteiger partial charge in [0.2, 0.25) is 0 Å².